The van der Waals surface area contributed by atoms with E-state index >= 15 is 0 Å². The number of piperidine rings is 1. The fraction of sp³-hybridized carbons (Fsp3) is 0.556. The Morgan fingerprint density at radius 2 is 2.14 bits per heavy atom. The summed E-state index contributed by atoms with van der Waals surface area (Å²) in [7, 11) is 0. The quantitative estimate of drug-likeness (QED) is 0.851. The van der Waals surface area contributed by atoms with Gasteiger partial charge in [0.2, 0.25) is 0 Å². The molecule has 0 aromatic carbocycles. The van der Waals surface area contributed by atoms with Crippen LogP contribution < -0.4 is 5.32 Å². The van der Waals surface area contributed by atoms with Crippen LogP contribution in [0.25, 0.3) is 0 Å². The van der Waals surface area contributed by atoms with Crippen molar-refractivity contribution in [3.63, 3.8) is 0 Å². The standard InChI is InChI=1S/C18H27N3O/c1-14(2)6-10-21-11-7-16(8-12-21)13-20-18(22)17-15(3)5-4-9-19-17/h4-6,9,16H,7-8,10-13H2,1-3H3,(H,20,22). The Bertz CT molecular complexity index is 527. The molecule has 2 rings (SSSR count). The molecule has 120 valence electrons. The van der Waals surface area contributed by atoms with E-state index in [1.807, 2.05) is 19.1 Å². The summed E-state index contributed by atoms with van der Waals surface area (Å²) in [5.41, 5.74) is 2.85. The first kappa shape index (κ1) is 16.7. The average Bonchev–Trinajstić information content (AvgIpc) is 2.52. The van der Waals surface area contributed by atoms with Crippen LogP contribution in [0.2, 0.25) is 0 Å². The van der Waals surface area contributed by atoms with E-state index in [1.165, 1.54) is 5.57 Å². The van der Waals surface area contributed by atoms with Crippen LogP contribution in [-0.4, -0.2) is 42.0 Å². The van der Waals surface area contributed by atoms with Gasteiger partial charge in [-0.15, -0.1) is 0 Å². The lowest BCUT2D eigenvalue weighted by atomic mass is 9.96. The van der Waals surface area contributed by atoms with Gasteiger partial charge < -0.3 is 5.32 Å². The highest BCUT2D eigenvalue weighted by Crippen LogP contribution is 2.16. The van der Waals surface area contributed by atoms with Crippen molar-refractivity contribution in [1.29, 1.82) is 0 Å². The van der Waals surface area contributed by atoms with Crippen LogP contribution in [0.4, 0.5) is 0 Å². The van der Waals surface area contributed by atoms with Gasteiger partial charge in [-0.2, -0.15) is 0 Å². The second-order valence-electron chi connectivity index (χ2n) is 6.40. The molecule has 1 aromatic heterocycles. The van der Waals surface area contributed by atoms with Gasteiger partial charge in [0.1, 0.15) is 5.69 Å². The zero-order valence-electron chi connectivity index (χ0n) is 13.9. The van der Waals surface area contributed by atoms with Gasteiger partial charge >= 0.3 is 0 Å². The summed E-state index contributed by atoms with van der Waals surface area (Å²) in [5.74, 6) is 0.529. The molecule has 1 aliphatic rings. The maximum Gasteiger partial charge on any atom is 0.270 e. The molecule has 0 unspecified atom stereocenters. The topological polar surface area (TPSA) is 45.2 Å². The van der Waals surface area contributed by atoms with Crippen molar-refractivity contribution in [2.24, 2.45) is 5.92 Å². The van der Waals surface area contributed by atoms with Crippen molar-refractivity contribution in [3.05, 3.63) is 41.2 Å². The average molecular weight is 301 g/mol. The van der Waals surface area contributed by atoms with Gasteiger partial charge in [-0.3, -0.25) is 14.7 Å². The van der Waals surface area contributed by atoms with E-state index in [4.69, 9.17) is 0 Å². The molecule has 0 atom stereocenters. The number of nitrogens with zero attached hydrogens (tertiary/aromatic N) is 2. The lowest BCUT2D eigenvalue weighted by Crippen LogP contribution is -2.39. The summed E-state index contributed by atoms with van der Waals surface area (Å²) in [5, 5.41) is 3.04. The number of nitrogens with one attached hydrogen (secondary N) is 1. The lowest BCUT2D eigenvalue weighted by Gasteiger charge is -2.31. The Hall–Kier alpha value is -1.68. The van der Waals surface area contributed by atoms with Crippen molar-refractivity contribution < 1.29 is 4.79 Å². The molecule has 4 heteroatoms. The van der Waals surface area contributed by atoms with E-state index in [9.17, 15) is 4.79 Å². The molecular formula is C18H27N3O. The Morgan fingerprint density at radius 1 is 1.41 bits per heavy atom. The minimum absolute atomic E-state index is 0.0509. The van der Waals surface area contributed by atoms with Crippen LogP contribution in [0.15, 0.2) is 30.0 Å². The molecule has 0 radical (unpaired) electrons. The van der Waals surface area contributed by atoms with E-state index in [2.05, 4.69) is 35.1 Å². The summed E-state index contributed by atoms with van der Waals surface area (Å²) in [6, 6.07) is 3.78. The molecule has 0 saturated carbocycles. The molecule has 0 spiro atoms. The van der Waals surface area contributed by atoms with E-state index in [0.717, 1.165) is 44.6 Å². The predicted molar refractivity (Wildman–Crippen MR) is 89.9 cm³/mol. The number of likely N-dealkylation sites (tertiary alicyclic amines) is 1. The summed E-state index contributed by atoms with van der Waals surface area (Å²) in [6.45, 7) is 10.2. The third kappa shape index (κ3) is 4.95. The third-order valence-electron chi connectivity index (χ3n) is 4.24. The maximum atomic E-state index is 12.2. The summed E-state index contributed by atoms with van der Waals surface area (Å²) in [6.07, 6.45) is 6.26. The zero-order chi connectivity index (χ0) is 15.9. The van der Waals surface area contributed by atoms with Gasteiger partial charge in [-0.05, 0) is 64.3 Å². The number of allylic oxidation sites excluding steroid dienone is 1. The maximum absolute atomic E-state index is 12.2. The number of pyridine rings is 1. The van der Waals surface area contributed by atoms with Crippen LogP contribution in [-0.2, 0) is 0 Å². The van der Waals surface area contributed by atoms with Crippen LogP contribution in [0.3, 0.4) is 0 Å². The van der Waals surface area contributed by atoms with E-state index in [-0.39, 0.29) is 5.91 Å². The molecule has 0 aliphatic carbocycles. The number of carbonyl (C=O) groups is 1. The third-order valence-corrected chi connectivity index (χ3v) is 4.24. The van der Waals surface area contributed by atoms with Crippen molar-refractivity contribution >= 4 is 5.91 Å². The van der Waals surface area contributed by atoms with Crippen molar-refractivity contribution in [2.45, 2.75) is 33.6 Å². The minimum Gasteiger partial charge on any atom is -0.350 e. The normalized spacial score (nSPS) is 16.3. The number of hydrogen-bond acceptors (Lipinski definition) is 3. The first-order chi connectivity index (χ1) is 10.6. The molecule has 1 amide bonds. The summed E-state index contributed by atoms with van der Waals surface area (Å²) >= 11 is 0. The van der Waals surface area contributed by atoms with Gasteiger partial charge in [0.15, 0.2) is 0 Å². The highest BCUT2D eigenvalue weighted by atomic mass is 16.1. The number of aryl methyl sites for hydroxylation is 1. The van der Waals surface area contributed by atoms with Crippen LogP contribution in [0.5, 0.6) is 0 Å². The number of aromatic nitrogens is 1. The largest absolute Gasteiger partial charge is 0.350 e. The molecule has 1 N–H and O–H groups in total. The monoisotopic (exact) mass is 301 g/mol. The van der Waals surface area contributed by atoms with Crippen molar-refractivity contribution in [2.75, 3.05) is 26.2 Å². The zero-order valence-corrected chi connectivity index (χ0v) is 13.9. The molecule has 4 nitrogen and oxygen atoms in total. The molecule has 0 bridgehead atoms. The van der Waals surface area contributed by atoms with Gasteiger partial charge in [0.05, 0.1) is 0 Å². The van der Waals surface area contributed by atoms with Crippen LogP contribution >= 0.6 is 0 Å². The SMILES string of the molecule is CC(C)=CCN1CCC(CNC(=O)c2ncccc2C)CC1. The molecule has 2 heterocycles. The molecule has 1 aliphatic heterocycles. The van der Waals surface area contributed by atoms with Crippen LogP contribution in [0, 0.1) is 12.8 Å². The predicted octanol–water partition coefficient (Wildman–Crippen LogP) is 2.80. The van der Waals surface area contributed by atoms with Crippen molar-refractivity contribution in [1.82, 2.24) is 15.2 Å². The summed E-state index contributed by atoms with van der Waals surface area (Å²) in [4.78, 5) is 18.8. The molecule has 1 aromatic rings. The first-order valence-electron chi connectivity index (χ1n) is 8.12. The Morgan fingerprint density at radius 3 is 2.77 bits per heavy atom. The van der Waals surface area contributed by atoms with Crippen LogP contribution in [0.1, 0.15) is 42.7 Å². The second kappa shape index (κ2) is 8.08. The lowest BCUT2D eigenvalue weighted by molar-refractivity contribution is 0.0932. The smallest absolute Gasteiger partial charge is 0.270 e. The fourth-order valence-corrected chi connectivity index (χ4v) is 2.73. The van der Waals surface area contributed by atoms with Gasteiger partial charge in [0, 0.05) is 19.3 Å². The highest BCUT2D eigenvalue weighted by Gasteiger charge is 2.19. The highest BCUT2D eigenvalue weighted by molar-refractivity contribution is 5.93. The second-order valence-corrected chi connectivity index (χ2v) is 6.40. The van der Waals surface area contributed by atoms with Gasteiger partial charge in [-0.25, -0.2) is 0 Å². The van der Waals surface area contributed by atoms with E-state index in [1.54, 1.807) is 6.20 Å². The summed E-state index contributed by atoms with van der Waals surface area (Å²) < 4.78 is 0. The minimum atomic E-state index is -0.0509. The van der Waals surface area contributed by atoms with E-state index < -0.39 is 0 Å². The van der Waals surface area contributed by atoms with Gasteiger partial charge in [-0.1, -0.05) is 17.7 Å². The Labute approximate surface area is 133 Å². The first-order valence-corrected chi connectivity index (χ1v) is 8.12. The molecule has 22 heavy (non-hydrogen) atoms. The van der Waals surface area contributed by atoms with Gasteiger partial charge in [0.25, 0.3) is 5.91 Å². The number of hydrogen-bond donors (Lipinski definition) is 1. The number of amides is 1. The molecule has 1 fully saturated rings. The number of carbonyl (C=O) groups excluding carboxylic acids is 1. The van der Waals surface area contributed by atoms with E-state index in [0.29, 0.717) is 11.6 Å². The fourth-order valence-electron chi connectivity index (χ4n) is 2.73. The Kier molecular flexibility index (Phi) is 6.13. The molecule has 1 saturated heterocycles. The Balaban J connectivity index is 1.74. The molecular weight excluding hydrogens is 274 g/mol. The van der Waals surface area contributed by atoms with Crippen molar-refractivity contribution in [3.8, 4) is 0 Å². The number of rotatable bonds is 5.